The summed E-state index contributed by atoms with van der Waals surface area (Å²) in [5.74, 6) is 0. The molecule has 1 aromatic carbocycles. The molecular formula is C16H25NO4. The molecule has 21 heavy (non-hydrogen) atoms. The van der Waals surface area contributed by atoms with E-state index in [0.29, 0.717) is 12.8 Å². The fourth-order valence-corrected chi connectivity index (χ4v) is 1.91. The molecule has 0 saturated heterocycles. The number of alkyl carbamates (subject to hydrolysis) is 1. The summed E-state index contributed by atoms with van der Waals surface area (Å²) in [5, 5.41) is 21.2. The maximum atomic E-state index is 11.9. The Morgan fingerprint density at radius 1 is 1.24 bits per heavy atom. The monoisotopic (exact) mass is 295 g/mol. The fourth-order valence-electron chi connectivity index (χ4n) is 1.91. The van der Waals surface area contributed by atoms with Crippen molar-refractivity contribution < 1.29 is 19.7 Å². The van der Waals surface area contributed by atoms with Crippen LogP contribution in [0.15, 0.2) is 30.3 Å². The predicted molar refractivity (Wildman–Crippen MR) is 80.9 cm³/mol. The molecule has 5 heteroatoms. The number of rotatable bonds is 6. The van der Waals surface area contributed by atoms with E-state index < -0.39 is 17.8 Å². The van der Waals surface area contributed by atoms with Gasteiger partial charge in [-0.05, 0) is 39.2 Å². The van der Waals surface area contributed by atoms with Gasteiger partial charge in [0.1, 0.15) is 5.60 Å². The molecule has 2 unspecified atom stereocenters. The molecule has 1 aromatic rings. The van der Waals surface area contributed by atoms with Crippen LogP contribution < -0.4 is 5.32 Å². The molecule has 0 aromatic heterocycles. The molecule has 0 spiro atoms. The van der Waals surface area contributed by atoms with Gasteiger partial charge in [-0.2, -0.15) is 0 Å². The van der Waals surface area contributed by atoms with Crippen LogP contribution in [-0.2, 0) is 4.74 Å². The molecule has 0 aliphatic carbocycles. The summed E-state index contributed by atoms with van der Waals surface area (Å²) in [6, 6.07) is 9.24. The zero-order chi connectivity index (χ0) is 15.9. The number of carbonyl (C=O) groups excluding carboxylic acids is 1. The maximum Gasteiger partial charge on any atom is 0.408 e. The van der Waals surface area contributed by atoms with Gasteiger partial charge in [0.2, 0.25) is 0 Å². The molecule has 2 atom stereocenters. The molecule has 0 radical (unpaired) electrons. The zero-order valence-electron chi connectivity index (χ0n) is 12.9. The summed E-state index contributed by atoms with van der Waals surface area (Å²) in [6.07, 6.45) is -0.358. The van der Waals surface area contributed by atoms with Crippen LogP contribution in [0.3, 0.4) is 0 Å². The Balaban J connectivity index is 2.71. The third kappa shape index (κ3) is 7.11. The van der Waals surface area contributed by atoms with Crippen molar-refractivity contribution in [2.75, 3.05) is 6.61 Å². The molecular weight excluding hydrogens is 270 g/mol. The highest BCUT2D eigenvalue weighted by molar-refractivity contribution is 5.68. The average molecular weight is 295 g/mol. The Bertz CT molecular complexity index is 428. The SMILES string of the molecule is CC(C)(C)OC(=O)NC(CCC(O)CO)c1ccccc1. The van der Waals surface area contributed by atoms with Gasteiger partial charge < -0.3 is 20.3 Å². The number of nitrogens with one attached hydrogen (secondary N) is 1. The lowest BCUT2D eigenvalue weighted by Crippen LogP contribution is -2.35. The normalized spacial score (nSPS) is 14.3. The molecule has 1 amide bonds. The second kappa shape index (κ2) is 8.00. The van der Waals surface area contributed by atoms with Crippen LogP contribution in [-0.4, -0.2) is 34.6 Å². The zero-order valence-corrected chi connectivity index (χ0v) is 12.9. The molecule has 0 heterocycles. The maximum absolute atomic E-state index is 11.9. The van der Waals surface area contributed by atoms with Crippen LogP contribution in [0.2, 0.25) is 0 Å². The van der Waals surface area contributed by atoms with E-state index >= 15 is 0 Å². The summed E-state index contributed by atoms with van der Waals surface area (Å²) in [7, 11) is 0. The third-order valence-electron chi connectivity index (χ3n) is 2.89. The third-order valence-corrected chi connectivity index (χ3v) is 2.89. The minimum atomic E-state index is -0.781. The molecule has 118 valence electrons. The van der Waals surface area contributed by atoms with E-state index in [1.807, 2.05) is 30.3 Å². The molecule has 3 N–H and O–H groups in total. The summed E-state index contributed by atoms with van der Waals surface area (Å²) in [4.78, 5) is 11.9. The van der Waals surface area contributed by atoms with E-state index in [2.05, 4.69) is 5.32 Å². The first kappa shape index (κ1) is 17.5. The van der Waals surface area contributed by atoms with Crippen LogP contribution in [0.5, 0.6) is 0 Å². The van der Waals surface area contributed by atoms with Crippen molar-refractivity contribution in [2.45, 2.75) is 51.4 Å². The van der Waals surface area contributed by atoms with Crippen LogP contribution in [0, 0.1) is 0 Å². The Morgan fingerprint density at radius 2 is 1.86 bits per heavy atom. The smallest absolute Gasteiger partial charge is 0.408 e. The van der Waals surface area contributed by atoms with E-state index in [4.69, 9.17) is 9.84 Å². The van der Waals surface area contributed by atoms with Crippen molar-refractivity contribution in [3.05, 3.63) is 35.9 Å². The summed E-state index contributed by atoms with van der Waals surface area (Å²) < 4.78 is 5.26. The van der Waals surface area contributed by atoms with Crippen LogP contribution in [0.4, 0.5) is 4.79 Å². The minimum Gasteiger partial charge on any atom is -0.444 e. The largest absolute Gasteiger partial charge is 0.444 e. The van der Waals surface area contributed by atoms with E-state index in [9.17, 15) is 9.90 Å². The fraction of sp³-hybridized carbons (Fsp3) is 0.562. The lowest BCUT2D eigenvalue weighted by atomic mass is 10.0. The topological polar surface area (TPSA) is 78.8 Å². The minimum absolute atomic E-state index is 0.262. The first-order valence-corrected chi connectivity index (χ1v) is 7.15. The highest BCUT2D eigenvalue weighted by atomic mass is 16.6. The Labute approximate surface area is 125 Å². The standard InChI is InChI=1S/C16H25NO4/c1-16(2,3)21-15(20)17-14(10-9-13(19)11-18)12-7-5-4-6-8-12/h4-8,13-14,18-19H,9-11H2,1-3H3,(H,17,20). The molecule has 0 fully saturated rings. The summed E-state index contributed by atoms with van der Waals surface area (Å²) in [6.45, 7) is 5.13. The van der Waals surface area contributed by atoms with E-state index in [1.165, 1.54) is 0 Å². The van der Waals surface area contributed by atoms with E-state index in [-0.39, 0.29) is 12.6 Å². The average Bonchev–Trinajstić information content (AvgIpc) is 2.42. The highest BCUT2D eigenvalue weighted by Crippen LogP contribution is 2.20. The van der Waals surface area contributed by atoms with Gasteiger partial charge in [0, 0.05) is 0 Å². The summed E-state index contributed by atoms with van der Waals surface area (Å²) in [5.41, 5.74) is 0.379. The number of benzene rings is 1. The van der Waals surface area contributed by atoms with Crippen molar-refractivity contribution in [3.63, 3.8) is 0 Å². The van der Waals surface area contributed by atoms with Gasteiger partial charge in [0.05, 0.1) is 18.8 Å². The van der Waals surface area contributed by atoms with Crippen molar-refractivity contribution in [1.82, 2.24) is 5.32 Å². The second-order valence-electron chi connectivity index (χ2n) is 6.02. The molecule has 1 rings (SSSR count). The Hall–Kier alpha value is -1.59. The van der Waals surface area contributed by atoms with Crippen molar-refractivity contribution in [2.24, 2.45) is 0 Å². The van der Waals surface area contributed by atoms with Gasteiger partial charge >= 0.3 is 6.09 Å². The predicted octanol–water partition coefficient (Wildman–Crippen LogP) is 2.39. The van der Waals surface area contributed by atoms with Crippen molar-refractivity contribution >= 4 is 6.09 Å². The van der Waals surface area contributed by atoms with Gasteiger partial charge in [-0.25, -0.2) is 4.79 Å². The quantitative estimate of drug-likeness (QED) is 0.753. The molecule has 5 nitrogen and oxygen atoms in total. The van der Waals surface area contributed by atoms with Gasteiger partial charge in [-0.1, -0.05) is 30.3 Å². The van der Waals surface area contributed by atoms with E-state index in [0.717, 1.165) is 5.56 Å². The van der Waals surface area contributed by atoms with Gasteiger partial charge in [-0.15, -0.1) is 0 Å². The number of aliphatic hydroxyl groups is 2. The van der Waals surface area contributed by atoms with E-state index in [1.54, 1.807) is 20.8 Å². The molecule has 0 aliphatic rings. The van der Waals surface area contributed by atoms with Crippen LogP contribution in [0.25, 0.3) is 0 Å². The Kier molecular flexibility index (Phi) is 6.65. The number of amides is 1. The first-order chi connectivity index (χ1) is 9.81. The lowest BCUT2D eigenvalue weighted by molar-refractivity contribution is 0.0484. The number of hydrogen-bond acceptors (Lipinski definition) is 4. The lowest BCUT2D eigenvalue weighted by Gasteiger charge is -2.24. The van der Waals surface area contributed by atoms with Gasteiger partial charge in [-0.3, -0.25) is 0 Å². The van der Waals surface area contributed by atoms with Gasteiger partial charge in [0.15, 0.2) is 0 Å². The summed E-state index contributed by atoms with van der Waals surface area (Å²) >= 11 is 0. The highest BCUT2D eigenvalue weighted by Gasteiger charge is 2.21. The van der Waals surface area contributed by atoms with Gasteiger partial charge in [0.25, 0.3) is 0 Å². The van der Waals surface area contributed by atoms with Crippen LogP contribution >= 0.6 is 0 Å². The first-order valence-electron chi connectivity index (χ1n) is 7.15. The van der Waals surface area contributed by atoms with Crippen molar-refractivity contribution in [3.8, 4) is 0 Å². The Morgan fingerprint density at radius 3 is 2.38 bits per heavy atom. The number of ether oxygens (including phenoxy) is 1. The second-order valence-corrected chi connectivity index (χ2v) is 6.02. The molecule has 0 saturated carbocycles. The number of carbonyl (C=O) groups is 1. The van der Waals surface area contributed by atoms with Crippen molar-refractivity contribution in [1.29, 1.82) is 0 Å². The van der Waals surface area contributed by atoms with Crippen LogP contribution in [0.1, 0.15) is 45.2 Å². The molecule has 0 aliphatic heterocycles. The number of hydrogen-bond donors (Lipinski definition) is 3. The molecule has 0 bridgehead atoms. The number of aliphatic hydroxyl groups excluding tert-OH is 2.